The third kappa shape index (κ3) is 11.3. The number of carbonyl (C=O) groups is 3. The van der Waals surface area contributed by atoms with Crippen molar-refractivity contribution in [1.29, 1.82) is 0 Å². The molecule has 34 heavy (non-hydrogen) atoms. The highest BCUT2D eigenvalue weighted by molar-refractivity contribution is 5.87. The summed E-state index contributed by atoms with van der Waals surface area (Å²) in [6.45, 7) is 10.5. The van der Waals surface area contributed by atoms with Gasteiger partial charge in [-0.2, -0.15) is 0 Å². The summed E-state index contributed by atoms with van der Waals surface area (Å²) in [6.07, 6.45) is 3.29. The Morgan fingerprint density at radius 1 is 0.882 bits per heavy atom. The smallest absolute Gasteiger partial charge is 0.329 e. The second kappa shape index (κ2) is 16.1. The zero-order chi connectivity index (χ0) is 25.3. The van der Waals surface area contributed by atoms with Crippen molar-refractivity contribution in [3.63, 3.8) is 0 Å². The molecule has 0 fully saturated rings. The summed E-state index contributed by atoms with van der Waals surface area (Å²) in [7, 11) is 0. The first-order chi connectivity index (χ1) is 16.3. The van der Waals surface area contributed by atoms with Gasteiger partial charge in [-0.3, -0.25) is 0 Å². The van der Waals surface area contributed by atoms with Gasteiger partial charge in [0.1, 0.15) is 25.3 Å². The predicted molar refractivity (Wildman–Crippen MR) is 128 cm³/mol. The molecule has 1 aromatic carbocycles. The van der Waals surface area contributed by atoms with Crippen LogP contribution in [0.2, 0.25) is 0 Å². The van der Waals surface area contributed by atoms with E-state index in [0.717, 1.165) is 5.56 Å². The predicted octanol–water partition coefficient (Wildman–Crippen LogP) is 1.61. The van der Waals surface area contributed by atoms with Gasteiger partial charge >= 0.3 is 18.0 Å². The number of nitrogen functional groups attached to an aromatic ring is 1. The molecule has 1 unspecified atom stereocenters. The van der Waals surface area contributed by atoms with Crippen molar-refractivity contribution in [3.8, 4) is 0 Å². The Labute approximate surface area is 199 Å². The molecule has 0 saturated heterocycles. The molecule has 0 heterocycles. The van der Waals surface area contributed by atoms with Crippen LogP contribution in [0.4, 0.5) is 10.5 Å². The van der Waals surface area contributed by atoms with Crippen LogP contribution in [0.3, 0.4) is 0 Å². The molecule has 0 aliphatic carbocycles. The summed E-state index contributed by atoms with van der Waals surface area (Å²) >= 11 is 0. The van der Waals surface area contributed by atoms with Gasteiger partial charge in [-0.1, -0.05) is 43.5 Å². The van der Waals surface area contributed by atoms with E-state index in [0.29, 0.717) is 5.69 Å². The van der Waals surface area contributed by atoms with Crippen molar-refractivity contribution in [2.24, 2.45) is 0 Å². The van der Waals surface area contributed by atoms with Crippen molar-refractivity contribution in [1.82, 2.24) is 10.6 Å². The lowest BCUT2D eigenvalue weighted by molar-refractivity contribution is -0.145. The van der Waals surface area contributed by atoms with Crippen molar-refractivity contribution in [2.45, 2.75) is 37.6 Å². The molecule has 0 spiro atoms. The summed E-state index contributed by atoms with van der Waals surface area (Å²) in [4.78, 5) is 37.5. The number of hydrogen-bond donors (Lipinski definition) is 4. The Morgan fingerprint density at radius 3 is 1.97 bits per heavy atom. The van der Waals surface area contributed by atoms with E-state index in [1.165, 1.54) is 18.2 Å². The second-order valence-electron chi connectivity index (χ2n) is 7.16. The summed E-state index contributed by atoms with van der Waals surface area (Å²) in [5, 5.41) is 14.9. The number of rotatable bonds is 16. The van der Waals surface area contributed by atoms with Gasteiger partial charge in [0.15, 0.2) is 6.29 Å². The molecule has 5 N–H and O–H groups in total. The summed E-state index contributed by atoms with van der Waals surface area (Å²) in [6, 6.07) is 3.85. The molecule has 2 amide bonds. The molecule has 1 aromatic rings. The van der Waals surface area contributed by atoms with Gasteiger partial charge in [0.25, 0.3) is 0 Å². The SMILES string of the molecule is C=CCOC(=O)[C@H](CCC(O)OCC=C)NC(=O)N[C@@H](Cc1ccc(N)cc1)C(=O)OCC=C. The average molecular weight is 476 g/mol. The fraction of sp³-hybridized carbons (Fsp3) is 0.375. The number of benzene rings is 1. The lowest BCUT2D eigenvalue weighted by atomic mass is 10.1. The van der Waals surface area contributed by atoms with Crippen LogP contribution >= 0.6 is 0 Å². The second-order valence-corrected chi connectivity index (χ2v) is 7.16. The normalized spacial score (nSPS) is 13.0. The van der Waals surface area contributed by atoms with Gasteiger partial charge < -0.3 is 35.7 Å². The molecule has 0 aromatic heterocycles. The summed E-state index contributed by atoms with van der Waals surface area (Å²) in [5.74, 6) is -1.40. The number of nitrogens with two attached hydrogens (primary N) is 1. The third-order valence-corrected chi connectivity index (χ3v) is 4.39. The van der Waals surface area contributed by atoms with E-state index in [-0.39, 0.29) is 39.1 Å². The first kappa shape index (κ1) is 28.4. The molecule has 3 atom stereocenters. The maximum Gasteiger partial charge on any atom is 0.329 e. The van der Waals surface area contributed by atoms with Crippen LogP contribution in [-0.2, 0) is 30.2 Å². The fourth-order valence-corrected chi connectivity index (χ4v) is 2.74. The Bertz CT molecular complexity index is 826. The minimum atomic E-state index is -1.16. The zero-order valence-electron chi connectivity index (χ0n) is 19.1. The van der Waals surface area contributed by atoms with Crippen LogP contribution in [0.15, 0.2) is 62.2 Å². The number of aliphatic hydroxyl groups excluding tert-OH is 1. The number of aliphatic hydroxyl groups is 1. The van der Waals surface area contributed by atoms with Gasteiger partial charge in [-0.15, -0.1) is 6.58 Å². The van der Waals surface area contributed by atoms with Gasteiger partial charge in [0.2, 0.25) is 0 Å². The van der Waals surface area contributed by atoms with Crippen molar-refractivity contribution in [2.75, 3.05) is 25.6 Å². The number of urea groups is 1. The van der Waals surface area contributed by atoms with E-state index in [4.69, 9.17) is 19.9 Å². The third-order valence-electron chi connectivity index (χ3n) is 4.39. The number of esters is 2. The first-order valence-corrected chi connectivity index (χ1v) is 10.7. The molecule has 0 aliphatic heterocycles. The van der Waals surface area contributed by atoms with Crippen LogP contribution in [0, 0.1) is 0 Å². The van der Waals surface area contributed by atoms with E-state index in [2.05, 4.69) is 30.4 Å². The zero-order valence-corrected chi connectivity index (χ0v) is 19.1. The molecule has 0 radical (unpaired) electrons. The molecule has 1 rings (SSSR count). The van der Waals surface area contributed by atoms with Gasteiger partial charge in [0, 0.05) is 18.5 Å². The standard InChI is InChI=1S/C24H33N3O7/c1-4-13-32-21(28)12-11-19(22(29)33-14-5-2)26-24(31)27-20(23(30)34-15-6-3)16-17-7-9-18(25)10-8-17/h4-10,19-21,28H,1-3,11-16,25H2,(H2,26,27,31)/t19-,20-,21?/m0/s1. The van der Waals surface area contributed by atoms with E-state index in [9.17, 15) is 19.5 Å². The quantitative estimate of drug-likeness (QED) is 0.122. The Morgan fingerprint density at radius 2 is 1.41 bits per heavy atom. The van der Waals surface area contributed by atoms with Crippen molar-refractivity contribution >= 4 is 23.7 Å². The maximum absolute atomic E-state index is 12.7. The molecule has 0 bridgehead atoms. The number of anilines is 1. The first-order valence-electron chi connectivity index (χ1n) is 10.7. The molecular formula is C24H33N3O7. The van der Waals surface area contributed by atoms with Crippen molar-refractivity contribution < 1.29 is 33.7 Å². The number of hydrogen-bond acceptors (Lipinski definition) is 8. The Balaban J connectivity index is 2.87. The summed E-state index contributed by atoms with van der Waals surface area (Å²) in [5.41, 5.74) is 6.99. The van der Waals surface area contributed by atoms with Gasteiger partial charge in [-0.05, 0) is 24.1 Å². The summed E-state index contributed by atoms with van der Waals surface area (Å²) < 4.78 is 15.2. The maximum atomic E-state index is 12.7. The molecule has 10 heteroatoms. The monoisotopic (exact) mass is 475 g/mol. The number of carbonyl (C=O) groups excluding carboxylic acids is 3. The van der Waals surface area contributed by atoms with E-state index < -0.39 is 36.3 Å². The van der Waals surface area contributed by atoms with Crippen LogP contribution in [-0.4, -0.2) is 61.3 Å². The molecule has 10 nitrogen and oxygen atoms in total. The van der Waals surface area contributed by atoms with E-state index in [1.807, 2.05) is 0 Å². The van der Waals surface area contributed by atoms with Crippen LogP contribution in [0.1, 0.15) is 18.4 Å². The van der Waals surface area contributed by atoms with E-state index >= 15 is 0 Å². The van der Waals surface area contributed by atoms with Crippen LogP contribution < -0.4 is 16.4 Å². The van der Waals surface area contributed by atoms with Gasteiger partial charge in [-0.25, -0.2) is 14.4 Å². The average Bonchev–Trinajstić information content (AvgIpc) is 2.82. The highest BCUT2D eigenvalue weighted by Crippen LogP contribution is 2.10. The van der Waals surface area contributed by atoms with Crippen LogP contribution in [0.25, 0.3) is 0 Å². The largest absolute Gasteiger partial charge is 0.460 e. The lowest BCUT2D eigenvalue weighted by Crippen LogP contribution is -2.52. The molecular weight excluding hydrogens is 442 g/mol. The minimum Gasteiger partial charge on any atom is -0.460 e. The topological polar surface area (TPSA) is 149 Å². The minimum absolute atomic E-state index is 0.0191. The van der Waals surface area contributed by atoms with Crippen molar-refractivity contribution in [3.05, 3.63) is 67.8 Å². The van der Waals surface area contributed by atoms with E-state index in [1.54, 1.807) is 24.3 Å². The molecule has 0 saturated carbocycles. The number of nitrogens with one attached hydrogen (secondary N) is 2. The fourth-order valence-electron chi connectivity index (χ4n) is 2.74. The highest BCUT2D eigenvalue weighted by Gasteiger charge is 2.27. The Kier molecular flexibility index (Phi) is 13.4. The highest BCUT2D eigenvalue weighted by atomic mass is 16.6. The number of amides is 2. The van der Waals surface area contributed by atoms with Gasteiger partial charge in [0.05, 0.1) is 6.61 Å². The lowest BCUT2D eigenvalue weighted by Gasteiger charge is -2.22. The molecule has 0 aliphatic rings. The van der Waals surface area contributed by atoms with Crippen LogP contribution in [0.5, 0.6) is 0 Å². The Hall–Kier alpha value is -3.63. The number of ether oxygens (including phenoxy) is 3. The molecule has 186 valence electrons.